The van der Waals surface area contributed by atoms with Gasteiger partial charge in [0.05, 0.1) is 6.61 Å². The molecule has 2 heteroatoms. The van der Waals surface area contributed by atoms with Crippen molar-refractivity contribution in [1.29, 1.82) is 0 Å². The molecule has 2 N–H and O–H groups in total. The summed E-state index contributed by atoms with van der Waals surface area (Å²) in [6.45, 7) is 5.92. The van der Waals surface area contributed by atoms with Crippen LogP contribution in [-0.2, 0) is 12.8 Å². The molecule has 2 nitrogen and oxygen atoms in total. The molecule has 0 aliphatic carbocycles. The van der Waals surface area contributed by atoms with Crippen molar-refractivity contribution in [3.63, 3.8) is 0 Å². The van der Waals surface area contributed by atoms with Crippen LogP contribution in [0.4, 0.5) is 0 Å². The molecule has 96 valence electrons. The maximum atomic E-state index is 5.66. The van der Waals surface area contributed by atoms with Crippen LogP contribution in [0, 0.1) is 0 Å². The van der Waals surface area contributed by atoms with Crippen molar-refractivity contribution in [1.82, 2.24) is 0 Å². The lowest BCUT2D eigenvalue weighted by Crippen LogP contribution is -2.01. The van der Waals surface area contributed by atoms with Gasteiger partial charge < -0.3 is 10.5 Å². The smallest absolute Gasteiger partial charge is 0.119 e. The van der Waals surface area contributed by atoms with E-state index < -0.39 is 0 Å². The molecule has 0 spiro atoms. The monoisotopic (exact) mass is 235 g/mol. The normalized spacial score (nSPS) is 10.5. The van der Waals surface area contributed by atoms with Crippen molar-refractivity contribution < 1.29 is 4.74 Å². The molecule has 1 aromatic carbocycles. The van der Waals surface area contributed by atoms with Gasteiger partial charge in [0.2, 0.25) is 0 Å². The number of unbranched alkanes of at least 4 members (excludes halogenated alkanes) is 1. The highest BCUT2D eigenvalue weighted by atomic mass is 16.5. The van der Waals surface area contributed by atoms with Crippen LogP contribution in [-0.4, -0.2) is 13.2 Å². The first kappa shape index (κ1) is 14.0. The molecule has 0 bridgehead atoms. The highest BCUT2D eigenvalue weighted by molar-refractivity contribution is 5.35. The number of rotatable bonds is 8. The van der Waals surface area contributed by atoms with Gasteiger partial charge >= 0.3 is 0 Å². The lowest BCUT2D eigenvalue weighted by atomic mass is 10.00. The molecule has 0 atom stereocenters. The molecule has 0 saturated carbocycles. The molecule has 0 saturated heterocycles. The van der Waals surface area contributed by atoms with E-state index in [9.17, 15) is 0 Å². The first-order chi connectivity index (χ1) is 8.31. The van der Waals surface area contributed by atoms with E-state index in [1.54, 1.807) is 0 Å². The molecular weight excluding hydrogens is 210 g/mol. The Morgan fingerprint density at radius 2 is 1.94 bits per heavy atom. The molecule has 0 radical (unpaired) electrons. The van der Waals surface area contributed by atoms with Crippen molar-refractivity contribution in [2.45, 2.75) is 46.0 Å². The predicted octanol–water partition coefficient (Wildman–Crippen LogP) is 3.32. The Morgan fingerprint density at radius 3 is 2.59 bits per heavy atom. The SMILES string of the molecule is CCCOc1ccc(CCCCN)c(CC)c1. The minimum atomic E-state index is 0.791. The standard InChI is InChI=1S/C15H25NO/c1-3-11-17-15-9-8-14(7-5-6-10-16)13(4-2)12-15/h8-9,12H,3-7,10-11,16H2,1-2H3. The molecule has 0 fully saturated rings. The fourth-order valence-corrected chi connectivity index (χ4v) is 1.94. The lowest BCUT2D eigenvalue weighted by molar-refractivity contribution is 0.317. The van der Waals surface area contributed by atoms with E-state index in [4.69, 9.17) is 10.5 Å². The van der Waals surface area contributed by atoms with Crippen molar-refractivity contribution in [2.75, 3.05) is 13.2 Å². The van der Waals surface area contributed by atoms with E-state index in [2.05, 4.69) is 32.0 Å². The molecular formula is C15H25NO. The van der Waals surface area contributed by atoms with E-state index in [-0.39, 0.29) is 0 Å². The maximum absolute atomic E-state index is 5.66. The van der Waals surface area contributed by atoms with Crippen LogP contribution in [0.25, 0.3) is 0 Å². The summed E-state index contributed by atoms with van der Waals surface area (Å²) in [5, 5.41) is 0. The van der Waals surface area contributed by atoms with Crippen LogP contribution in [0.3, 0.4) is 0 Å². The number of hydrogen-bond acceptors (Lipinski definition) is 2. The zero-order valence-electron chi connectivity index (χ0n) is 11.2. The second-order valence-electron chi connectivity index (χ2n) is 4.38. The number of ether oxygens (including phenoxy) is 1. The summed E-state index contributed by atoms with van der Waals surface area (Å²) in [4.78, 5) is 0. The Labute approximate surface area is 105 Å². The summed E-state index contributed by atoms with van der Waals surface area (Å²) in [5.74, 6) is 1.01. The molecule has 0 unspecified atom stereocenters. The Morgan fingerprint density at radius 1 is 1.12 bits per heavy atom. The maximum Gasteiger partial charge on any atom is 0.119 e. The van der Waals surface area contributed by atoms with Crippen LogP contribution in [0.2, 0.25) is 0 Å². The Kier molecular flexibility index (Phi) is 6.71. The van der Waals surface area contributed by atoms with Crippen molar-refractivity contribution >= 4 is 0 Å². The third-order valence-corrected chi connectivity index (χ3v) is 2.93. The second-order valence-corrected chi connectivity index (χ2v) is 4.38. The van der Waals surface area contributed by atoms with Crippen LogP contribution >= 0.6 is 0 Å². The van der Waals surface area contributed by atoms with Gasteiger partial charge in [0.1, 0.15) is 5.75 Å². The zero-order valence-corrected chi connectivity index (χ0v) is 11.2. The number of aryl methyl sites for hydroxylation is 2. The third kappa shape index (κ3) is 4.78. The quantitative estimate of drug-likeness (QED) is 0.702. The summed E-state index contributed by atoms with van der Waals surface area (Å²) in [6, 6.07) is 6.49. The van der Waals surface area contributed by atoms with Crippen molar-refractivity contribution in [3.05, 3.63) is 29.3 Å². The molecule has 1 rings (SSSR count). The van der Waals surface area contributed by atoms with E-state index >= 15 is 0 Å². The van der Waals surface area contributed by atoms with E-state index in [0.717, 1.165) is 44.6 Å². The van der Waals surface area contributed by atoms with E-state index in [1.165, 1.54) is 17.5 Å². The number of hydrogen-bond donors (Lipinski definition) is 1. The fraction of sp³-hybridized carbons (Fsp3) is 0.600. The third-order valence-electron chi connectivity index (χ3n) is 2.93. The van der Waals surface area contributed by atoms with Crippen molar-refractivity contribution in [2.24, 2.45) is 5.73 Å². The Bertz CT molecular complexity index is 323. The minimum Gasteiger partial charge on any atom is -0.494 e. The molecule has 0 amide bonds. The van der Waals surface area contributed by atoms with Gasteiger partial charge in [-0.1, -0.05) is 19.9 Å². The van der Waals surface area contributed by atoms with Gasteiger partial charge in [0.25, 0.3) is 0 Å². The lowest BCUT2D eigenvalue weighted by Gasteiger charge is -2.11. The minimum absolute atomic E-state index is 0.791. The van der Waals surface area contributed by atoms with Gasteiger partial charge in [-0.05, 0) is 61.9 Å². The highest BCUT2D eigenvalue weighted by Crippen LogP contribution is 2.20. The summed E-state index contributed by atoms with van der Waals surface area (Å²) in [7, 11) is 0. The Balaban J connectivity index is 2.64. The molecule has 0 aromatic heterocycles. The first-order valence-electron chi connectivity index (χ1n) is 6.76. The fourth-order valence-electron chi connectivity index (χ4n) is 1.94. The van der Waals surface area contributed by atoms with E-state index in [0.29, 0.717) is 0 Å². The molecule has 0 heterocycles. The number of nitrogens with two attached hydrogens (primary N) is 1. The summed E-state index contributed by atoms with van der Waals surface area (Å²) < 4.78 is 5.66. The number of benzene rings is 1. The van der Waals surface area contributed by atoms with Crippen LogP contribution in [0.15, 0.2) is 18.2 Å². The average molecular weight is 235 g/mol. The highest BCUT2D eigenvalue weighted by Gasteiger charge is 2.03. The van der Waals surface area contributed by atoms with E-state index in [1.807, 2.05) is 0 Å². The van der Waals surface area contributed by atoms with Crippen LogP contribution in [0.1, 0.15) is 44.2 Å². The largest absolute Gasteiger partial charge is 0.494 e. The summed E-state index contributed by atoms with van der Waals surface area (Å²) >= 11 is 0. The van der Waals surface area contributed by atoms with Crippen LogP contribution < -0.4 is 10.5 Å². The topological polar surface area (TPSA) is 35.2 Å². The summed E-state index contributed by atoms with van der Waals surface area (Å²) in [5.41, 5.74) is 8.38. The van der Waals surface area contributed by atoms with Gasteiger partial charge in [0.15, 0.2) is 0 Å². The first-order valence-corrected chi connectivity index (χ1v) is 6.76. The predicted molar refractivity (Wildman–Crippen MR) is 73.6 cm³/mol. The molecule has 17 heavy (non-hydrogen) atoms. The van der Waals surface area contributed by atoms with Crippen molar-refractivity contribution in [3.8, 4) is 5.75 Å². The Hall–Kier alpha value is -1.02. The van der Waals surface area contributed by atoms with Gasteiger partial charge in [-0.2, -0.15) is 0 Å². The van der Waals surface area contributed by atoms with Gasteiger partial charge in [-0.25, -0.2) is 0 Å². The second kappa shape index (κ2) is 8.13. The van der Waals surface area contributed by atoms with Crippen LogP contribution in [0.5, 0.6) is 5.75 Å². The van der Waals surface area contributed by atoms with Gasteiger partial charge in [-0.3, -0.25) is 0 Å². The molecule has 0 aliphatic heterocycles. The summed E-state index contributed by atoms with van der Waals surface area (Å²) in [6.07, 6.45) is 5.55. The van der Waals surface area contributed by atoms with Gasteiger partial charge in [0, 0.05) is 0 Å². The molecule has 0 aliphatic rings. The zero-order chi connectivity index (χ0) is 12.5. The van der Waals surface area contributed by atoms with Gasteiger partial charge in [-0.15, -0.1) is 0 Å². The average Bonchev–Trinajstić information content (AvgIpc) is 2.37. The molecule has 1 aromatic rings.